The molecule has 0 aliphatic heterocycles. The van der Waals surface area contributed by atoms with Gasteiger partial charge in [0.25, 0.3) is 0 Å². The van der Waals surface area contributed by atoms with E-state index in [1.807, 2.05) is 0 Å². The Kier molecular flexibility index (Phi) is 29.3. The molecule has 0 unspecified atom stereocenters. The molecule has 0 heterocycles. The van der Waals surface area contributed by atoms with Crippen LogP contribution < -0.4 is 62.5 Å². The minimum Gasteiger partial charge on any atom is -1.00 e. The first-order chi connectivity index (χ1) is 12.9. The fourth-order valence-corrected chi connectivity index (χ4v) is 5.52. The molecule has 0 aromatic carbocycles. The summed E-state index contributed by atoms with van der Waals surface area (Å²) in [5.41, 5.74) is 0. The molecule has 4 aliphatic carbocycles. The molecule has 4 fully saturated rings. The predicted molar refractivity (Wildman–Crippen MR) is 114 cm³/mol. The quantitative estimate of drug-likeness (QED) is 0.346. The monoisotopic (exact) mass is 508 g/mol. The van der Waals surface area contributed by atoms with Gasteiger partial charge in [-0.3, -0.25) is 0 Å². The van der Waals surface area contributed by atoms with Crippen molar-refractivity contribution in [2.75, 3.05) is 0 Å². The SMILES string of the molecule is C1CCC([N-]C2CCCCC2)CC1.C1CCC([N-]C2CCCCC2)CC1.[Cl-].[Cl-].[Li+].[Li+].[Zn+2]. The summed E-state index contributed by atoms with van der Waals surface area (Å²) in [5, 5.41) is 9.99. The van der Waals surface area contributed by atoms with E-state index in [1.165, 1.54) is 128 Å². The molecule has 31 heavy (non-hydrogen) atoms. The number of hydrogen-bond donors (Lipinski definition) is 0. The Bertz CT molecular complexity index is 293. The van der Waals surface area contributed by atoms with Gasteiger partial charge in [-0.25, -0.2) is 0 Å². The van der Waals surface area contributed by atoms with E-state index < -0.39 is 0 Å². The summed E-state index contributed by atoms with van der Waals surface area (Å²) in [5.74, 6) is 0. The molecule has 7 heteroatoms. The molecular formula is C24H44Cl2Li2N2Zn. The second-order valence-corrected chi connectivity index (χ2v) is 9.47. The van der Waals surface area contributed by atoms with E-state index in [1.54, 1.807) is 0 Å². The van der Waals surface area contributed by atoms with Crippen LogP contribution in [0.3, 0.4) is 0 Å². The molecule has 168 valence electrons. The van der Waals surface area contributed by atoms with Crippen molar-refractivity contribution in [1.82, 2.24) is 0 Å². The van der Waals surface area contributed by atoms with Crippen LogP contribution in [0, 0.1) is 0 Å². The number of hydrogen-bond acceptors (Lipinski definition) is 0. The van der Waals surface area contributed by atoms with Gasteiger partial charge in [0.15, 0.2) is 0 Å². The van der Waals surface area contributed by atoms with Crippen molar-refractivity contribution in [2.45, 2.75) is 153 Å². The van der Waals surface area contributed by atoms with Crippen LogP contribution in [0.15, 0.2) is 0 Å². The molecule has 0 bridgehead atoms. The average molecular weight is 511 g/mol. The molecule has 0 aromatic rings. The summed E-state index contributed by atoms with van der Waals surface area (Å²) >= 11 is 0. The zero-order valence-electron chi connectivity index (χ0n) is 20.8. The summed E-state index contributed by atoms with van der Waals surface area (Å²) in [4.78, 5) is 0. The van der Waals surface area contributed by atoms with Gasteiger partial charge in [-0.2, -0.15) is 0 Å². The number of halogens is 2. The molecule has 4 rings (SSSR count). The van der Waals surface area contributed by atoms with Gasteiger partial charge in [0, 0.05) is 0 Å². The molecule has 0 spiro atoms. The average Bonchev–Trinajstić information content (AvgIpc) is 2.72. The van der Waals surface area contributed by atoms with Crippen molar-refractivity contribution in [2.24, 2.45) is 0 Å². The molecule has 0 saturated heterocycles. The maximum atomic E-state index is 5.00. The maximum absolute atomic E-state index is 5.00. The summed E-state index contributed by atoms with van der Waals surface area (Å²) in [7, 11) is 0. The van der Waals surface area contributed by atoms with Crippen molar-refractivity contribution in [3.63, 3.8) is 0 Å². The Hall–Kier alpha value is 2.32. The van der Waals surface area contributed by atoms with Crippen molar-refractivity contribution in [3.8, 4) is 0 Å². The van der Waals surface area contributed by atoms with E-state index >= 15 is 0 Å². The van der Waals surface area contributed by atoms with Gasteiger partial charge in [0.1, 0.15) is 0 Å². The molecule has 2 nitrogen and oxygen atoms in total. The Morgan fingerprint density at radius 2 is 0.484 bits per heavy atom. The van der Waals surface area contributed by atoms with Crippen molar-refractivity contribution < 1.29 is 82.0 Å². The first-order valence-corrected chi connectivity index (χ1v) is 12.3. The summed E-state index contributed by atoms with van der Waals surface area (Å²) < 4.78 is 0. The van der Waals surface area contributed by atoms with Crippen LogP contribution in [-0.4, -0.2) is 24.2 Å². The fraction of sp³-hybridized carbons (Fsp3) is 1.00. The molecule has 0 N–H and O–H groups in total. The van der Waals surface area contributed by atoms with E-state index in [0.29, 0.717) is 0 Å². The molecular weight excluding hydrogens is 466 g/mol. The summed E-state index contributed by atoms with van der Waals surface area (Å²) in [6, 6.07) is 2.99. The standard InChI is InChI=1S/2C12H22N.2ClH.2Li.Zn/c2*1-3-7-11(8-4-1)13-12-9-5-2-6-10-12;;;;;/h2*11-12H,1-10H2;2*1H;;;/q2*-1;;;2*+1;+2/p-2. The first kappa shape index (κ1) is 37.9. The minimum atomic E-state index is 0. The van der Waals surface area contributed by atoms with E-state index in [4.69, 9.17) is 10.6 Å². The van der Waals surface area contributed by atoms with Gasteiger partial charge in [0.05, 0.1) is 0 Å². The molecule has 4 aliphatic rings. The van der Waals surface area contributed by atoms with Crippen molar-refractivity contribution in [1.29, 1.82) is 0 Å². The van der Waals surface area contributed by atoms with Gasteiger partial charge in [0.2, 0.25) is 0 Å². The van der Waals surface area contributed by atoms with Gasteiger partial charge < -0.3 is 35.4 Å². The van der Waals surface area contributed by atoms with E-state index in [0.717, 1.165) is 24.2 Å². The van der Waals surface area contributed by atoms with Crippen LogP contribution in [0.4, 0.5) is 0 Å². The van der Waals surface area contributed by atoms with Gasteiger partial charge in [-0.15, -0.1) is 24.2 Å². The topological polar surface area (TPSA) is 28.2 Å². The van der Waals surface area contributed by atoms with Crippen LogP contribution in [0.1, 0.15) is 128 Å². The van der Waals surface area contributed by atoms with Crippen LogP contribution in [0.2, 0.25) is 0 Å². The second kappa shape index (κ2) is 24.0. The smallest absolute Gasteiger partial charge is 1.00 e. The third-order valence-corrected chi connectivity index (χ3v) is 7.14. The van der Waals surface area contributed by atoms with Crippen molar-refractivity contribution >= 4 is 0 Å². The summed E-state index contributed by atoms with van der Waals surface area (Å²) in [6.07, 6.45) is 28.4. The van der Waals surface area contributed by atoms with E-state index in [-0.39, 0.29) is 82.0 Å². The van der Waals surface area contributed by atoms with Gasteiger partial charge >= 0.3 is 57.2 Å². The maximum Gasteiger partial charge on any atom is 2.00 e. The molecule has 4 saturated carbocycles. The Labute approximate surface area is 243 Å². The normalized spacial score (nSPS) is 23.2. The Morgan fingerprint density at radius 3 is 0.645 bits per heavy atom. The van der Waals surface area contributed by atoms with Crippen LogP contribution in [0.5, 0.6) is 0 Å². The van der Waals surface area contributed by atoms with Crippen LogP contribution >= 0.6 is 0 Å². The first-order valence-electron chi connectivity index (χ1n) is 12.3. The van der Waals surface area contributed by atoms with E-state index in [2.05, 4.69) is 0 Å². The molecule has 0 radical (unpaired) electrons. The third-order valence-electron chi connectivity index (χ3n) is 7.14. The van der Waals surface area contributed by atoms with E-state index in [9.17, 15) is 0 Å². The second-order valence-electron chi connectivity index (χ2n) is 9.47. The zero-order valence-corrected chi connectivity index (χ0v) is 25.3. The molecule has 0 atom stereocenters. The Balaban J connectivity index is -0.000000436. The molecule has 0 aromatic heterocycles. The van der Waals surface area contributed by atoms with Crippen LogP contribution in [0.25, 0.3) is 10.6 Å². The third kappa shape index (κ3) is 16.6. The number of rotatable bonds is 4. The number of nitrogens with zero attached hydrogens (tertiary/aromatic N) is 2. The summed E-state index contributed by atoms with van der Waals surface area (Å²) in [6.45, 7) is 0. The largest absolute Gasteiger partial charge is 2.00 e. The Morgan fingerprint density at radius 1 is 0.323 bits per heavy atom. The van der Waals surface area contributed by atoms with Crippen LogP contribution in [-0.2, 0) is 19.5 Å². The van der Waals surface area contributed by atoms with Gasteiger partial charge in [-0.05, 0) is 0 Å². The fourth-order valence-electron chi connectivity index (χ4n) is 5.52. The zero-order chi connectivity index (χ0) is 17.9. The minimum absolute atomic E-state index is 0. The van der Waals surface area contributed by atoms with Crippen molar-refractivity contribution in [3.05, 3.63) is 10.6 Å². The molecule has 0 amide bonds. The van der Waals surface area contributed by atoms with Gasteiger partial charge in [-0.1, -0.05) is 128 Å². The predicted octanol–water partition coefficient (Wildman–Crippen LogP) is -3.94.